The SMILES string of the molecule is C=C(C)Cn1c(SCC(=O)Nc2ccccc2OC)nc2ccccc2c1=O. The number of carbonyl (C=O) groups excluding carboxylic acids is 1. The summed E-state index contributed by atoms with van der Waals surface area (Å²) in [6.45, 7) is 6.10. The van der Waals surface area contributed by atoms with Gasteiger partial charge in [-0.15, -0.1) is 0 Å². The quantitative estimate of drug-likeness (QED) is 0.375. The molecule has 0 aliphatic rings. The molecule has 2 aromatic carbocycles. The Morgan fingerprint density at radius 2 is 1.93 bits per heavy atom. The van der Waals surface area contributed by atoms with Crippen LogP contribution in [0.5, 0.6) is 5.75 Å². The van der Waals surface area contributed by atoms with Gasteiger partial charge in [0, 0.05) is 6.54 Å². The molecule has 0 spiro atoms. The zero-order valence-corrected chi connectivity index (χ0v) is 16.6. The summed E-state index contributed by atoms with van der Waals surface area (Å²) in [6.07, 6.45) is 0. The summed E-state index contributed by atoms with van der Waals surface area (Å²) in [5.41, 5.74) is 1.90. The van der Waals surface area contributed by atoms with Gasteiger partial charge in [0.1, 0.15) is 5.75 Å². The van der Waals surface area contributed by atoms with E-state index in [9.17, 15) is 9.59 Å². The minimum absolute atomic E-state index is 0.110. The number of aromatic nitrogens is 2. The summed E-state index contributed by atoms with van der Waals surface area (Å²) >= 11 is 1.22. The molecule has 7 heteroatoms. The smallest absolute Gasteiger partial charge is 0.262 e. The lowest BCUT2D eigenvalue weighted by Crippen LogP contribution is -2.24. The van der Waals surface area contributed by atoms with Crippen molar-refractivity contribution in [3.63, 3.8) is 0 Å². The van der Waals surface area contributed by atoms with Crippen LogP contribution in [0.3, 0.4) is 0 Å². The molecule has 1 amide bonds. The molecule has 6 nitrogen and oxygen atoms in total. The monoisotopic (exact) mass is 395 g/mol. The van der Waals surface area contributed by atoms with Crippen molar-refractivity contribution in [1.29, 1.82) is 0 Å². The van der Waals surface area contributed by atoms with E-state index in [0.29, 0.717) is 34.0 Å². The van der Waals surface area contributed by atoms with Crippen LogP contribution in [0.15, 0.2) is 70.6 Å². The van der Waals surface area contributed by atoms with E-state index in [2.05, 4.69) is 16.9 Å². The van der Waals surface area contributed by atoms with Crippen molar-refractivity contribution in [1.82, 2.24) is 9.55 Å². The molecule has 1 N–H and O–H groups in total. The Morgan fingerprint density at radius 3 is 2.68 bits per heavy atom. The molecule has 28 heavy (non-hydrogen) atoms. The van der Waals surface area contributed by atoms with Crippen LogP contribution in [0.1, 0.15) is 6.92 Å². The lowest BCUT2D eigenvalue weighted by molar-refractivity contribution is -0.113. The number of ether oxygens (including phenoxy) is 1. The summed E-state index contributed by atoms with van der Waals surface area (Å²) in [4.78, 5) is 29.9. The van der Waals surface area contributed by atoms with Crippen molar-refractivity contribution in [2.24, 2.45) is 0 Å². The van der Waals surface area contributed by atoms with Gasteiger partial charge in [-0.25, -0.2) is 4.98 Å². The van der Waals surface area contributed by atoms with E-state index in [1.165, 1.54) is 11.8 Å². The van der Waals surface area contributed by atoms with Crippen molar-refractivity contribution in [2.75, 3.05) is 18.2 Å². The minimum atomic E-state index is -0.209. The second-order valence-corrected chi connectivity index (χ2v) is 7.24. The van der Waals surface area contributed by atoms with Crippen LogP contribution in [0.2, 0.25) is 0 Å². The maximum atomic E-state index is 12.9. The fourth-order valence-electron chi connectivity index (χ4n) is 2.73. The molecule has 0 aliphatic heterocycles. The number of amides is 1. The summed E-state index contributed by atoms with van der Waals surface area (Å²) in [7, 11) is 1.55. The molecule has 0 radical (unpaired) electrons. The molecular weight excluding hydrogens is 374 g/mol. The summed E-state index contributed by atoms with van der Waals surface area (Å²) < 4.78 is 6.81. The number of anilines is 1. The Bertz CT molecular complexity index is 1090. The average Bonchev–Trinajstić information content (AvgIpc) is 2.69. The fourth-order valence-corrected chi connectivity index (χ4v) is 3.53. The highest BCUT2D eigenvalue weighted by molar-refractivity contribution is 7.99. The van der Waals surface area contributed by atoms with Gasteiger partial charge in [0.15, 0.2) is 5.16 Å². The number of allylic oxidation sites excluding steroid dienone is 1. The number of hydrogen-bond acceptors (Lipinski definition) is 5. The third-order valence-electron chi connectivity index (χ3n) is 3.97. The Hall–Kier alpha value is -3.06. The number of fused-ring (bicyclic) bond motifs is 1. The fraction of sp³-hybridized carbons (Fsp3) is 0.190. The van der Waals surface area contributed by atoms with Crippen LogP contribution in [0.25, 0.3) is 10.9 Å². The Labute approximate surface area is 167 Å². The summed E-state index contributed by atoms with van der Waals surface area (Å²) in [5, 5.41) is 3.86. The molecule has 0 saturated carbocycles. The van der Waals surface area contributed by atoms with E-state index in [1.54, 1.807) is 35.9 Å². The maximum absolute atomic E-state index is 12.9. The van der Waals surface area contributed by atoms with Gasteiger partial charge in [-0.1, -0.05) is 48.2 Å². The van der Waals surface area contributed by atoms with Gasteiger partial charge in [0.2, 0.25) is 5.91 Å². The number of benzene rings is 2. The lowest BCUT2D eigenvalue weighted by Gasteiger charge is -2.13. The number of carbonyl (C=O) groups is 1. The average molecular weight is 395 g/mol. The normalized spacial score (nSPS) is 10.6. The highest BCUT2D eigenvalue weighted by atomic mass is 32.2. The standard InChI is InChI=1S/C21H21N3O3S/c1-14(2)12-24-20(26)15-8-4-5-9-16(15)23-21(24)28-13-19(25)22-17-10-6-7-11-18(17)27-3/h4-11H,1,12-13H2,2-3H3,(H,22,25). The zero-order valence-electron chi connectivity index (χ0n) is 15.8. The number of thioether (sulfide) groups is 1. The molecule has 3 aromatic rings. The molecular formula is C21H21N3O3S. The van der Waals surface area contributed by atoms with Crippen molar-refractivity contribution in [3.8, 4) is 5.75 Å². The predicted octanol–water partition coefficient (Wildman–Crippen LogP) is 3.71. The van der Waals surface area contributed by atoms with Gasteiger partial charge in [-0.2, -0.15) is 0 Å². The zero-order chi connectivity index (χ0) is 20.1. The van der Waals surface area contributed by atoms with E-state index in [0.717, 1.165) is 5.57 Å². The first-order chi connectivity index (χ1) is 13.5. The van der Waals surface area contributed by atoms with Crippen LogP contribution in [-0.2, 0) is 11.3 Å². The highest BCUT2D eigenvalue weighted by Crippen LogP contribution is 2.24. The Balaban J connectivity index is 1.84. The van der Waals surface area contributed by atoms with Crippen LogP contribution >= 0.6 is 11.8 Å². The van der Waals surface area contributed by atoms with Crippen molar-refractivity contribution in [2.45, 2.75) is 18.6 Å². The molecule has 0 atom stereocenters. The van der Waals surface area contributed by atoms with Gasteiger partial charge >= 0.3 is 0 Å². The third-order valence-corrected chi connectivity index (χ3v) is 4.94. The van der Waals surface area contributed by atoms with Crippen molar-refractivity contribution in [3.05, 3.63) is 71.0 Å². The maximum Gasteiger partial charge on any atom is 0.262 e. The molecule has 1 aromatic heterocycles. The van der Waals surface area contributed by atoms with Gasteiger partial charge in [0.05, 0.1) is 29.5 Å². The second-order valence-electron chi connectivity index (χ2n) is 6.30. The first-order valence-corrected chi connectivity index (χ1v) is 9.68. The number of nitrogens with zero attached hydrogens (tertiary/aromatic N) is 2. The number of methoxy groups -OCH3 is 1. The van der Waals surface area contributed by atoms with E-state index in [1.807, 2.05) is 31.2 Å². The lowest BCUT2D eigenvalue weighted by atomic mass is 10.2. The first kappa shape index (κ1) is 19.7. The van der Waals surface area contributed by atoms with E-state index >= 15 is 0 Å². The Kier molecular flexibility index (Phi) is 6.16. The first-order valence-electron chi connectivity index (χ1n) is 8.69. The number of nitrogens with one attached hydrogen (secondary N) is 1. The summed E-state index contributed by atoms with van der Waals surface area (Å²) in [5.74, 6) is 0.488. The topological polar surface area (TPSA) is 73.2 Å². The van der Waals surface area contributed by atoms with Crippen molar-refractivity contribution >= 4 is 34.3 Å². The Morgan fingerprint density at radius 1 is 1.21 bits per heavy atom. The molecule has 0 saturated heterocycles. The molecule has 1 heterocycles. The number of rotatable bonds is 7. The molecule has 0 fully saturated rings. The largest absolute Gasteiger partial charge is 0.495 e. The predicted molar refractivity (Wildman–Crippen MR) is 113 cm³/mol. The van der Waals surface area contributed by atoms with Crippen molar-refractivity contribution < 1.29 is 9.53 Å². The minimum Gasteiger partial charge on any atom is -0.495 e. The van der Waals surface area contributed by atoms with Crippen LogP contribution in [-0.4, -0.2) is 28.3 Å². The molecule has 0 bridgehead atoms. The van der Waals surface area contributed by atoms with Crippen LogP contribution in [0.4, 0.5) is 5.69 Å². The third kappa shape index (κ3) is 4.43. The van der Waals surface area contributed by atoms with Gasteiger partial charge in [0.25, 0.3) is 5.56 Å². The number of para-hydroxylation sites is 3. The van der Waals surface area contributed by atoms with E-state index < -0.39 is 0 Å². The molecule has 0 aliphatic carbocycles. The number of hydrogen-bond donors (Lipinski definition) is 1. The molecule has 3 rings (SSSR count). The summed E-state index contributed by atoms with van der Waals surface area (Å²) in [6, 6.07) is 14.4. The van der Waals surface area contributed by atoms with Crippen LogP contribution in [0, 0.1) is 0 Å². The van der Waals surface area contributed by atoms with Gasteiger partial charge < -0.3 is 10.1 Å². The second kappa shape index (κ2) is 8.75. The molecule has 0 unspecified atom stereocenters. The van der Waals surface area contributed by atoms with Gasteiger partial charge in [-0.05, 0) is 31.2 Å². The van der Waals surface area contributed by atoms with Gasteiger partial charge in [-0.3, -0.25) is 14.2 Å². The highest BCUT2D eigenvalue weighted by Gasteiger charge is 2.14. The van der Waals surface area contributed by atoms with Crippen LogP contribution < -0.4 is 15.6 Å². The van der Waals surface area contributed by atoms with E-state index in [-0.39, 0.29) is 17.2 Å². The van der Waals surface area contributed by atoms with E-state index in [4.69, 9.17) is 4.74 Å². The molecule has 144 valence electrons.